The first-order chi connectivity index (χ1) is 2.89. The molecule has 6 heavy (non-hydrogen) atoms. The van der Waals surface area contributed by atoms with Gasteiger partial charge in [-0.3, -0.25) is 0 Å². The van der Waals surface area contributed by atoms with Gasteiger partial charge in [0.25, 0.3) is 10.6 Å². The van der Waals surface area contributed by atoms with Gasteiger partial charge in [0, 0.05) is 5.10 Å². The molecule has 0 unspecified atom stereocenters. The van der Waals surface area contributed by atoms with Crippen molar-refractivity contribution in [1.82, 2.24) is 5.10 Å². The Bertz CT molecular complexity index is 112. The summed E-state index contributed by atoms with van der Waals surface area (Å²) in [5, 5.41) is 6.74. The van der Waals surface area contributed by atoms with E-state index in [0.717, 1.165) is 0 Å². The molecule has 1 aromatic heterocycles. The number of nitrogen functional groups attached to an aromatic ring is 1. The van der Waals surface area contributed by atoms with E-state index < -0.39 is 0 Å². The average Bonchev–Trinajstić information content (AvgIpc) is 1.86. The van der Waals surface area contributed by atoms with Gasteiger partial charge in [-0.25, -0.2) is 0 Å². The van der Waals surface area contributed by atoms with Crippen molar-refractivity contribution in [2.75, 3.05) is 5.73 Å². The third-order valence-corrected chi connectivity index (χ3v) is 0.963. The van der Waals surface area contributed by atoms with Crippen LogP contribution in [0.25, 0.3) is 0 Å². The van der Waals surface area contributed by atoms with Crippen molar-refractivity contribution in [2.45, 2.75) is 0 Å². The summed E-state index contributed by atoms with van der Waals surface area (Å²) < 4.78 is 0. The molecule has 32 valence electrons. The van der Waals surface area contributed by atoms with E-state index >= 15 is 0 Å². The maximum Gasteiger partial charge on any atom is 0.252 e. The highest BCUT2D eigenvalue weighted by atomic mass is 32.1. The standard InChI is InChI=1S/C2H3N3S/c3-2-5-4-1-6-2/h1H,(H2,3,5)/p+1. The number of aromatic nitrogens is 2. The average molecular weight is 102 g/mol. The maximum absolute atomic E-state index is 5.15. The summed E-state index contributed by atoms with van der Waals surface area (Å²) >= 11 is 1.39. The Labute approximate surface area is 38.8 Å². The number of anilines is 1. The van der Waals surface area contributed by atoms with E-state index in [1.807, 2.05) is 0 Å². The van der Waals surface area contributed by atoms with Crippen LogP contribution in [-0.2, 0) is 0 Å². The summed E-state index contributed by atoms with van der Waals surface area (Å²) in [7, 11) is 0. The van der Waals surface area contributed by atoms with Crippen molar-refractivity contribution >= 4 is 16.5 Å². The molecule has 0 saturated carbocycles. The van der Waals surface area contributed by atoms with E-state index in [1.54, 1.807) is 5.51 Å². The molecule has 0 radical (unpaired) electrons. The summed E-state index contributed by atoms with van der Waals surface area (Å²) in [6.45, 7) is 0. The van der Waals surface area contributed by atoms with E-state index in [4.69, 9.17) is 5.73 Å². The molecule has 0 atom stereocenters. The third-order valence-electron chi connectivity index (χ3n) is 0.407. The number of aromatic amines is 1. The van der Waals surface area contributed by atoms with Crippen LogP contribution in [0.4, 0.5) is 5.13 Å². The SMILES string of the molecule is Nc1n[nH+]cs1. The molecule has 1 rings (SSSR count). The third kappa shape index (κ3) is 0.463. The molecule has 0 aliphatic carbocycles. The summed E-state index contributed by atoms with van der Waals surface area (Å²) in [6.07, 6.45) is 0. The second kappa shape index (κ2) is 1.22. The lowest BCUT2D eigenvalue weighted by Crippen LogP contribution is -1.99. The maximum atomic E-state index is 5.15. The number of nitrogens with one attached hydrogen (secondary N) is 1. The number of rotatable bonds is 0. The quantitative estimate of drug-likeness (QED) is 0.482. The molecule has 1 aromatic rings. The molecule has 0 bridgehead atoms. The number of H-pyrrole nitrogens is 1. The second-order valence-corrected chi connectivity index (χ2v) is 1.70. The normalized spacial score (nSPS) is 8.67. The lowest BCUT2D eigenvalue weighted by Gasteiger charge is -1.59. The van der Waals surface area contributed by atoms with Gasteiger partial charge in [-0.1, -0.05) is 5.10 Å². The van der Waals surface area contributed by atoms with Crippen molar-refractivity contribution in [3.05, 3.63) is 5.51 Å². The van der Waals surface area contributed by atoms with Gasteiger partial charge in [-0.05, 0) is 11.3 Å². The Hall–Kier alpha value is -0.640. The first-order valence-electron chi connectivity index (χ1n) is 1.46. The first kappa shape index (κ1) is 3.55. The van der Waals surface area contributed by atoms with Crippen LogP contribution in [0.15, 0.2) is 5.51 Å². The first-order valence-corrected chi connectivity index (χ1v) is 2.34. The predicted molar refractivity (Wildman–Crippen MR) is 23.1 cm³/mol. The van der Waals surface area contributed by atoms with Gasteiger partial charge >= 0.3 is 0 Å². The second-order valence-electron chi connectivity index (χ2n) is 0.815. The zero-order valence-electron chi connectivity index (χ0n) is 3.01. The fourth-order valence-electron chi connectivity index (χ4n) is 0.203. The fraction of sp³-hybridized carbons (Fsp3) is 0. The van der Waals surface area contributed by atoms with Gasteiger partial charge in [0.1, 0.15) is 0 Å². The van der Waals surface area contributed by atoms with Crippen LogP contribution in [-0.4, -0.2) is 5.10 Å². The smallest absolute Gasteiger partial charge is 0.252 e. The van der Waals surface area contributed by atoms with Gasteiger partial charge in [-0.2, -0.15) is 0 Å². The van der Waals surface area contributed by atoms with Crippen molar-refractivity contribution in [3.8, 4) is 0 Å². The molecule has 0 aliphatic heterocycles. The van der Waals surface area contributed by atoms with Crippen molar-refractivity contribution in [3.63, 3.8) is 0 Å². The lowest BCUT2D eigenvalue weighted by atomic mass is 11.3. The van der Waals surface area contributed by atoms with Crippen LogP contribution in [0, 0.1) is 0 Å². The van der Waals surface area contributed by atoms with E-state index in [9.17, 15) is 0 Å². The van der Waals surface area contributed by atoms with Crippen molar-refractivity contribution in [1.29, 1.82) is 0 Å². The number of nitrogens with two attached hydrogens (primary N) is 1. The Kier molecular flexibility index (Phi) is 0.719. The van der Waals surface area contributed by atoms with Crippen LogP contribution in [0.2, 0.25) is 0 Å². The highest BCUT2D eigenvalue weighted by Crippen LogP contribution is 1.95. The highest BCUT2D eigenvalue weighted by molar-refractivity contribution is 7.12. The summed E-state index contributed by atoms with van der Waals surface area (Å²) in [4.78, 5) is 0. The van der Waals surface area contributed by atoms with Crippen LogP contribution in [0.3, 0.4) is 0 Å². The van der Waals surface area contributed by atoms with E-state index in [1.165, 1.54) is 11.3 Å². The minimum absolute atomic E-state index is 0.579. The van der Waals surface area contributed by atoms with Gasteiger partial charge in [-0.15, -0.1) is 0 Å². The van der Waals surface area contributed by atoms with Crippen molar-refractivity contribution < 1.29 is 5.10 Å². The summed E-state index contributed by atoms with van der Waals surface area (Å²) in [5.74, 6) is 0. The van der Waals surface area contributed by atoms with Gasteiger partial charge in [0.05, 0.1) is 0 Å². The molecule has 0 aromatic carbocycles. The topological polar surface area (TPSA) is 53.0 Å². The van der Waals surface area contributed by atoms with Crippen LogP contribution in [0.5, 0.6) is 0 Å². The van der Waals surface area contributed by atoms with Gasteiger partial charge < -0.3 is 5.73 Å². The molecule has 0 fully saturated rings. The largest absolute Gasteiger partial charge is 0.370 e. The lowest BCUT2D eigenvalue weighted by molar-refractivity contribution is -0.445. The molecule has 0 aliphatic rings. The molecule has 0 spiro atoms. The fourth-order valence-corrected chi connectivity index (χ4v) is 0.535. The number of nitrogens with zero attached hydrogens (tertiary/aromatic N) is 1. The Morgan fingerprint density at radius 1 is 2.00 bits per heavy atom. The summed E-state index contributed by atoms with van der Waals surface area (Å²) in [6, 6.07) is 0. The molecular formula is C2H4N3S+. The number of hydrogen-bond donors (Lipinski definition) is 1. The molecule has 4 heteroatoms. The molecular weight excluding hydrogens is 98.1 g/mol. The Morgan fingerprint density at radius 3 is 3.00 bits per heavy atom. The molecule has 0 amide bonds. The van der Waals surface area contributed by atoms with Crippen LogP contribution < -0.4 is 10.8 Å². The van der Waals surface area contributed by atoms with Crippen LogP contribution in [0.1, 0.15) is 0 Å². The molecule has 0 saturated heterocycles. The van der Waals surface area contributed by atoms with Gasteiger partial charge in [0.2, 0.25) is 0 Å². The zero-order chi connectivity index (χ0) is 4.41. The Balaban J connectivity index is 3.05. The zero-order valence-corrected chi connectivity index (χ0v) is 3.83. The minimum atomic E-state index is 0.579. The molecule has 1 heterocycles. The Morgan fingerprint density at radius 2 is 2.83 bits per heavy atom. The summed E-state index contributed by atoms with van der Waals surface area (Å²) in [5.41, 5.74) is 6.87. The number of hydrogen-bond acceptors (Lipinski definition) is 3. The monoisotopic (exact) mass is 102 g/mol. The predicted octanol–water partition coefficient (Wildman–Crippen LogP) is -0.461. The minimum Gasteiger partial charge on any atom is -0.370 e. The van der Waals surface area contributed by atoms with E-state index in [2.05, 4.69) is 10.2 Å². The molecule has 3 N–H and O–H groups in total. The van der Waals surface area contributed by atoms with Gasteiger partial charge in [0.15, 0.2) is 0 Å². The van der Waals surface area contributed by atoms with Crippen molar-refractivity contribution in [2.24, 2.45) is 0 Å². The highest BCUT2D eigenvalue weighted by Gasteiger charge is 1.86. The van der Waals surface area contributed by atoms with E-state index in [0.29, 0.717) is 5.13 Å². The van der Waals surface area contributed by atoms with Crippen LogP contribution >= 0.6 is 11.3 Å². The molecule has 3 nitrogen and oxygen atoms in total. The van der Waals surface area contributed by atoms with E-state index in [-0.39, 0.29) is 0 Å².